The van der Waals surface area contributed by atoms with Gasteiger partial charge in [0.15, 0.2) is 0 Å². The van der Waals surface area contributed by atoms with Gasteiger partial charge in [0.05, 0.1) is 29.9 Å². The molecule has 1 amide bonds. The minimum atomic E-state index is -0.519. The first-order chi connectivity index (χ1) is 12.0. The molecule has 0 saturated carbocycles. The summed E-state index contributed by atoms with van der Waals surface area (Å²) >= 11 is 6.21. The number of benzene rings is 1. The predicted octanol–water partition coefficient (Wildman–Crippen LogP) is 2.52. The lowest BCUT2D eigenvalue weighted by Crippen LogP contribution is -2.42. The maximum Gasteiger partial charge on any atom is 0.307 e. The molecule has 0 N–H and O–H groups in total. The second-order valence-corrected chi connectivity index (χ2v) is 5.91. The van der Waals surface area contributed by atoms with Crippen molar-refractivity contribution in [1.82, 2.24) is 14.7 Å². The molecule has 1 saturated heterocycles. The Labute approximate surface area is 148 Å². The number of halogens is 1. The first-order valence-corrected chi connectivity index (χ1v) is 7.88. The molecule has 2 aromatic rings. The van der Waals surface area contributed by atoms with E-state index in [-0.39, 0.29) is 17.6 Å². The summed E-state index contributed by atoms with van der Waals surface area (Å²) in [5, 5.41) is 15.3. The number of nitrogens with zero attached hydrogens (tertiary/aromatic N) is 4. The lowest BCUT2D eigenvalue weighted by Gasteiger charge is -2.35. The summed E-state index contributed by atoms with van der Waals surface area (Å²) in [5.74, 6) is -0.190. The third-order valence-corrected chi connectivity index (χ3v) is 4.14. The van der Waals surface area contributed by atoms with E-state index in [0.29, 0.717) is 30.5 Å². The molecule has 1 aromatic carbocycles. The van der Waals surface area contributed by atoms with Crippen molar-refractivity contribution < 1.29 is 14.5 Å². The number of carbonyl (C=O) groups excluding carboxylic acids is 1. The molecule has 8 nitrogen and oxygen atoms in total. The van der Waals surface area contributed by atoms with Crippen LogP contribution < -0.4 is 0 Å². The van der Waals surface area contributed by atoms with Gasteiger partial charge in [0.1, 0.15) is 12.4 Å². The second-order valence-electron chi connectivity index (χ2n) is 5.47. The van der Waals surface area contributed by atoms with Crippen LogP contribution in [0.5, 0.6) is 0 Å². The normalized spacial score (nSPS) is 17.3. The van der Waals surface area contributed by atoms with Crippen LogP contribution in [0.4, 0.5) is 5.69 Å². The lowest BCUT2D eigenvalue weighted by molar-refractivity contribution is -0.384. The molecule has 25 heavy (non-hydrogen) atoms. The van der Waals surface area contributed by atoms with Crippen molar-refractivity contribution in [3.8, 4) is 5.69 Å². The largest absolute Gasteiger partial charge is 0.377 e. The lowest BCUT2D eigenvalue weighted by atomic mass is 10.0. The summed E-state index contributed by atoms with van der Waals surface area (Å²) in [5.41, 5.74) is 1.20. The average Bonchev–Trinajstić information content (AvgIpc) is 3.11. The molecule has 1 aliphatic heterocycles. The standard InChI is InChI=1S/C16H15ClN4O4/c1-2-16(22)19-3-4-25-10-15(19)11-5-12(17)7-13(6-11)20-9-14(8-18-20)21(23)24/h2,5-9,15H,1,3-4,10H2/t15-/m0/s1. The number of nitro groups is 1. The molecule has 130 valence electrons. The van der Waals surface area contributed by atoms with Crippen molar-refractivity contribution in [3.05, 3.63) is 63.9 Å². The Morgan fingerprint density at radius 2 is 2.28 bits per heavy atom. The number of hydrogen-bond donors (Lipinski definition) is 0. The molecule has 0 unspecified atom stereocenters. The maximum atomic E-state index is 12.1. The van der Waals surface area contributed by atoms with E-state index in [1.165, 1.54) is 17.0 Å². The Balaban J connectivity index is 1.99. The van der Waals surface area contributed by atoms with Gasteiger partial charge < -0.3 is 9.64 Å². The summed E-state index contributed by atoms with van der Waals surface area (Å²) in [6.45, 7) is 4.76. The molecule has 0 aliphatic carbocycles. The van der Waals surface area contributed by atoms with Crippen molar-refractivity contribution in [2.45, 2.75) is 6.04 Å². The van der Waals surface area contributed by atoms with Gasteiger partial charge in [-0.3, -0.25) is 14.9 Å². The number of carbonyl (C=O) groups is 1. The first-order valence-electron chi connectivity index (χ1n) is 7.50. The van der Waals surface area contributed by atoms with Crippen molar-refractivity contribution in [2.75, 3.05) is 19.8 Å². The number of amides is 1. The SMILES string of the molecule is C=CC(=O)N1CCOC[C@H]1c1cc(Cl)cc(-n2cc([N+](=O)[O-])cn2)c1. The summed E-state index contributed by atoms with van der Waals surface area (Å²) < 4.78 is 6.87. The van der Waals surface area contributed by atoms with Crippen LogP contribution in [0.2, 0.25) is 5.02 Å². The minimum absolute atomic E-state index is 0.119. The zero-order valence-corrected chi connectivity index (χ0v) is 13.9. The molecule has 0 bridgehead atoms. The molecule has 0 spiro atoms. The van der Waals surface area contributed by atoms with Gasteiger partial charge in [0.25, 0.3) is 0 Å². The molecule has 1 aromatic heterocycles. The molecule has 2 heterocycles. The molecule has 1 aliphatic rings. The van der Waals surface area contributed by atoms with Gasteiger partial charge in [-0.15, -0.1) is 0 Å². The third kappa shape index (κ3) is 3.54. The highest BCUT2D eigenvalue weighted by Gasteiger charge is 2.28. The average molecular weight is 363 g/mol. The molecule has 0 radical (unpaired) electrons. The van der Waals surface area contributed by atoms with Crippen molar-refractivity contribution >= 4 is 23.2 Å². The zero-order chi connectivity index (χ0) is 18.0. The third-order valence-electron chi connectivity index (χ3n) is 3.92. The second kappa shape index (κ2) is 7.04. The Hall–Kier alpha value is -2.71. The number of rotatable bonds is 4. The summed E-state index contributed by atoms with van der Waals surface area (Å²) in [4.78, 5) is 24.1. The highest BCUT2D eigenvalue weighted by atomic mass is 35.5. The Morgan fingerprint density at radius 3 is 2.96 bits per heavy atom. The van der Waals surface area contributed by atoms with E-state index >= 15 is 0 Å². The van der Waals surface area contributed by atoms with Gasteiger partial charge >= 0.3 is 5.69 Å². The number of morpholine rings is 1. The van der Waals surface area contributed by atoms with Crippen LogP contribution >= 0.6 is 11.6 Å². The van der Waals surface area contributed by atoms with E-state index < -0.39 is 4.92 Å². The van der Waals surface area contributed by atoms with Crippen LogP contribution in [-0.2, 0) is 9.53 Å². The number of aromatic nitrogens is 2. The Bertz CT molecular complexity index is 835. The molecule has 9 heteroatoms. The summed E-state index contributed by atoms with van der Waals surface area (Å²) in [6.07, 6.45) is 3.73. The smallest absolute Gasteiger partial charge is 0.307 e. The maximum absolute atomic E-state index is 12.1. The van der Waals surface area contributed by atoms with E-state index in [9.17, 15) is 14.9 Å². The quantitative estimate of drug-likeness (QED) is 0.473. The predicted molar refractivity (Wildman–Crippen MR) is 90.7 cm³/mol. The molecule has 1 atom stereocenters. The fraction of sp³-hybridized carbons (Fsp3) is 0.250. The molecule has 3 rings (SSSR count). The van der Waals surface area contributed by atoms with Gasteiger partial charge in [-0.1, -0.05) is 18.2 Å². The van der Waals surface area contributed by atoms with E-state index in [4.69, 9.17) is 16.3 Å². The Kier molecular flexibility index (Phi) is 4.82. The van der Waals surface area contributed by atoms with Crippen LogP contribution in [0.1, 0.15) is 11.6 Å². The van der Waals surface area contributed by atoms with Crippen LogP contribution in [0.25, 0.3) is 5.69 Å². The molecule has 1 fully saturated rings. The number of ether oxygens (including phenoxy) is 1. The topological polar surface area (TPSA) is 90.5 Å². The van der Waals surface area contributed by atoms with Crippen LogP contribution in [0, 0.1) is 10.1 Å². The molecular formula is C16H15ClN4O4. The van der Waals surface area contributed by atoms with Crippen molar-refractivity contribution in [2.24, 2.45) is 0 Å². The highest BCUT2D eigenvalue weighted by molar-refractivity contribution is 6.30. The van der Waals surface area contributed by atoms with Crippen LogP contribution in [0.3, 0.4) is 0 Å². The van der Waals surface area contributed by atoms with E-state index in [1.54, 1.807) is 23.1 Å². The van der Waals surface area contributed by atoms with Crippen molar-refractivity contribution in [1.29, 1.82) is 0 Å². The van der Waals surface area contributed by atoms with Crippen LogP contribution in [0.15, 0.2) is 43.2 Å². The monoisotopic (exact) mass is 362 g/mol. The zero-order valence-electron chi connectivity index (χ0n) is 13.2. The van der Waals surface area contributed by atoms with Crippen molar-refractivity contribution in [3.63, 3.8) is 0 Å². The first kappa shape index (κ1) is 17.1. The van der Waals surface area contributed by atoms with E-state index in [2.05, 4.69) is 11.7 Å². The minimum Gasteiger partial charge on any atom is -0.377 e. The van der Waals surface area contributed by atoms with E-state index in [0.717, 1.165) is 11.8 Å². The number of hydrogen-bond acceptors (Lipinski definition) is 5. The van der Waals surface area contributed by atoms with Gasteiger partial charge in [0.2, 0.25) is 5.91 Å². The van der Waals surface area contributed by atoms with Gasteiger partial charge in [0, 0.05) is 11.6 Å². The van der Waals surface area contributed by atoms with Gasteiger partial charge in [-0.2, -0.15) is 5.10 Å². The van der Waals surface area contributed by atoms with Gasteiger partial charge in [-0.05, 0) is 29.8 Å². The summed E-state index contributed by atoms with van der Waals surface area (Å²) in [6, 6.07) is 4.85. The highest BCUT2D eigenvalue weighted by Crippen LogP contribution is 2.29. The summed E-state index contributed by atoms with van der Waals surface area (Å²) in [7, 11) is 0. The van der Waals surface area contributed by atoms with Gasteiger partial charge in [-0.25, -0.2) is 4.68 Å². The van der Waals surface area contributed by atoms with E-state index in [1.807, 2.05) is 0 Å². The fourth-order valence-electron chi connectivity index (χ4n) is 2.73. The van der Waals surface area contributed by atoms with Crippen LogP contribution in [-0.4, -0.2) is 45.3 Å². The fourth-order valence-corrected chi connectivity index (χ4v) is 2.97. The Morgan fingerprint density at radius 1 is 1.48 bits per heavy atom. The molecular weight excluding hydrogens is 348 g/mol.